The standard InChI is InChI=1S/C20H28N2O3/c1-24-15-2-4-16(5-3-15)25-17-6-12-22(13-7-17)19(23)18-14-20(18)8-10-21-11-9-20/h2-5,17-18,21H,6-14H2,1H3/t18-/m1/s1. The first-order valence-corrected chi connectivity index (χ1v) is 9.50. The zero-order valence-electron chi connectivity index (χ0n) is 15.0. The molecular weight excluding hydrogens is 316 g/mol. The van der Waals surface area contributed by atoms with Gasteiger partial charge in [0.05, 0.1) is 7.11 Å². The summed E-state index contributed by atoms with van der Waals surface area (Å²) in [6.07, 6.45) is 5.47. The van der Waals surface area contributed by atoms with Crippen LogP contribution in [0.25, 0.3) is 0 Å². The molecule has 0 radical (unpaired) electrons. The fourth-order valence-corrected chi connectivity index (χ4v) is 4.44. The van der Waals surface area contributed by atoms with Gasteiger partial charge in [0.15, 0.2) is 0 Å². The number of benzene rings is 1. The van der Waals surface area contributed by atoms with Gasteiger partial charge in [-0.25, -0.2) is 0 Å². The molecule has 25 heavy (non-hydrogen) atoms. The van der Waals surface area contributed by atoms with Crippen molar-refractivity contribution in [1.29, 1.82) is 0 Å². The summed E-state index contributed by atoms with van der Waals surface area (Å²) in [6.45, 7) is 3.79. The number of carbonyl (C=O) groups is 1. The third-order valence-electron chi connectivity index (χ3n) is 6.20. The molecule has 1 aromatic rings. The summed E-state index contributed by atoms with van der Waals surface area (Å²) in [5.41, 5.74) is 0.332. The molecule has 3 aliphatic rings. The van der Waals surface area contributed by atoms with Crippen molar-refractivity contribution in [3.05, 3.63) is 24.3 Å². The predicted octanol–water partition coefficient (Wildman–Crippen LogP) is 2.45. The highest BCUT2D eigenvalue weighted by atomic mass is 16.5. The zero-order valence-corrected chi connectivity index (χ0v) is 15.0. The molecule has 3 fully saturated rings. The van der Waals surface area contributed by atoms with Gasteiger partial charge in [0, 0.05) is 31.8 Å². The molecule has 1 saturated carbocycles. The molecule has 4 rings (SSSR count). The number of nitrogens with zero attached hydrogens (tertiary/aromatic N) is 1. The van der Waals surface area contributed by atoms with Gasteiger partial charge in [-0.15, -0.1) is 0 Å². The second-order valence-corrected chi connectivity index (χ2v) is 7.69. The average molecular weight is 344 g/mol. The molecule has 1 spiro atoms. The fraction of sp³-hybridized carbons (Fsp3) is 0.650. The Kier molecular flexibility index (Phi) is 4.59. The molecule has 2 heterocycles. The largest absolute Gasteiger partial charge is 0.497 e. The van der Waals surface area contributed by atoms with Crippen LogP contribution in [0.2, 0.25) is 0 Å². The Hall–Kier alpha value is -1.75. The normalized spacial score (nSPS) is 25.6. The van der Waals surface area contributed by atoms with E-state index in [2.05, 4.69) is 10.2 Å². The van der Waals surface area contributed by atoms with Crippen molar-refractivity contribution in [2.24, 2.45) is 11.3 Å². The Bertz CT molecular complexity index is 602. The zero-order chi connectivity index (χ0) is 17.3. The summed E-state index contributed by atoms with van der Waals surface area (Å²) in [5.74, 6) is 2.39. The van der Waals surface area contributed by atoms with E-state index in [4.69, 9.17) is 9.47 Å². The van der Waals surface area contributed by atoms with Crippen molar-refractivity contribution in [3.63, 3.8) is 0 Å². The highest BCUT2D eigenvalue weighted by Gasteiger charge is 2.58. The van der Waals surface area contributed by atoms with E-state index in [0.717, 1.165) is 56.9 Å². The van der Waals surface area contributed by atoms with Crippen LogP contribution in [-0.2, 0) is 4.79 Å². The van der Waals surface area contributed by atoms with E-state index in [1.807, 2.05) is 24.3 Å². The number of rotatable bonds is 4. The minimum absolute atomic E-state index is 0.199. The van der Waals surface area contributed by atoms with Gasteiger partial charge in [0.25, 0.3) is 0 Å². The number of likely N-dealkylation sites (tertiary alicyclic amines) is 1. The summed E-state index contributed by atoms with van der Waals surface area (Å²) in [6, 6.07) is 7.72. The molecule has 0 unspecified atom stereocenters. The van der Waals surface area contributed by atoms with Crippen LogP contribution in [0.5, 0.6) is 11.5 Å². The van der Waals surface area contributed by atoms with Gasteiger partial charge in [-0.1, -0.05) is 0 Å². The van der Waals surface area contributed by atoms with E-state index in [0.29, 0.717) is 11.3 Å². The summed E-state index contributed by atoms with van der Waals surface area (Å²) < 4.78 is 11.2. The number of nitrogens with one attached hydrogen (secondary N) is 1. The minimum atomic E-state index is 0.199. The topological polar surface area (TPSA) is 50.8 Å². The second-order valence-electron chi connectivity index (χ2n) is 7.69. The van der Waals surface area contributed by atoms with Gasteiger partial charge in [-0.2, -0.15) is 0 Å². The van der Waals surface area contributed by atoms with E-state index < -0.39 is 0 Å². The van der Waals surface area contributed by atoms with E-state index in [-0.39, 0.29) is 12.0 Å². The molecule has 5 heteroatoms. The Balaban J connectivity index is 1.26. The van der Waals surface area contributed by atoms with Gasteiger partial charge in [0.2, 0.25) is 5.91 Å². The second kappa shape index (κ2) is 6.87. The summed E-state index contributed by atoms with van der Waals surface area (Å²) >= 11 is 0. The maximum Gasteiger partial charge on any atom is 0.226 e. The molecule has 1 aliphatic carbocycles. The summed E-state index contributed by atoms with van der Waals surface area (Å²) in [4.78, 5) is 14.9. The summed E-state index contributed by atoms with van der Waals surface area (Å²) in [7, 11) is 1.66. The van der Waals surface area contributed by atoms with Crippen molar-refractivity contribution in [3.8, 4) is 11.5 Å². The number of amides is 1. The van der Waals surface area contributed by atoms with Crippen LogP contribution in [-0.4, -0.2) is 50.2 Å². The van der Waals surface area contributed by atoms with Crippen LogP contribution >= 0.6 is 0 Å². The number of hydrogen-bond acceptors (Lipinski definition) is 4. The maximum absolute atomic E-state index is 12.8. The van der Waals surface area contributed by atoms with Crippen LogP contribution in [0.4, 0.5) is 0 Å². The Morgan fingerprint density at radius 2 is 1.76 bits per heavy atom. The third-order valence-corrected chi connectivity index (χ3v) is 6.20. The minimum Gasteiger partial charge on any atom is -0.497 e. The molecule has 1 N–H and O–H groups in total. The summed E-state index contributed by atoms with van der Waals surface area (Å²) in [5, 5.41) is 3.41. The van der Waals surface area contributed by atoms with Crippen molar-refractivity contribution >= 4 is 5.91 Å². The number of hydrogen-bond donors (Lipinski definition) is 1. The Labute approximate surface area is 149 Å². The van der Waals surface area contributed by atoms with Crippen LogP contribution in [0.15, 0.2) is 24.3 Å². The molecule has 136 valence electrons. The highest BCUT2D eigenvalue weighted by molar-refractivity contribution is 5.82. The molecule has 1 amide bonds. The first-order chi connectivity index (χ1) is 12.2. The van der Waals surface area contributed by atoms with Crippen molar-refractivity contribution < 1.29 is 14.3 Å². The lowest BCUT2D eigenvalue weighted by Gasteiger charge is -2.33. The SMILES string of the molecule is COc1ccc(OC2CCN(C(=O)[C@H]3CC34CCNCC4)CC2)cc1. The van der Waals surface area contributed by atoms with E-state index >= 15 is 0 Å². The molecular formula is C20H28N2O3. The lowest BCUT2D eigenvalue weighted by molar-refractivity contribution is -0.135. The number of ether oxygens (including phenoxy) is 2. The quantitative estimate of drug-likeness (QED) is 0.912. The average Bonchev–Trinajstić information content (AvgIpc) is 3.35. The van der Waals surface area contributed by atoms with E-state index in [1.165, 1.54) is 12.8 Å². The Morgan fingerprint density at radius 3 is 2.40 bits per heavy atom. The highest BCUT2D eigenvalue weighted by Crippen LogP contribution is 2.59. The number of methoxy groups -OCH3 is 1. The lowest BCUT2D eigenvalue weighted by atomic mass is 9.91. The first-order valence-electron chi connectivity index (χ1n) is 9.50. The van der Waals surface area contributed by atoms with Gasteiger partial charge in [0.1, 0.15) is 17.6 Å². The van der Waals surface area contributed by atoms with Crippen LogP contribution in [0.3, 0.4) is 0 Å². The smallest absolute Gasteiger partial charge is 0.226 e. The first kappa shape index (κ1) is 16.7. The number of carbonyl (C=O) groups excluding carboxylic acids is 1. The van der Waals surface area contributed by atoms with Crippen LogP contribution in [0.1, 0.15) is 32.1 Å². The van der Waals surface area contributed by atoms with Gasteiger partial charge in [-0.05, 0) is 62.0 Å². The Morgan fingerprint density at radius 1 is 1.12 bits per heavy atom. The predicted molar refractivity (Wildman–Crippen MR) is 95.9 cm³/mol. The molecule has 2 aliphatic heterocycles. The molecule has 1 aromatic carbocycles. The van der Waals surface area contributed by atoms with Crippen molar-refractivity contribution in [1.82, 2.24) is 10.2 Å². The van der Waals surface area contributed by atoms with Gasteiger partial charge < -0.3 is 19.7 Å². The molecule has 2 saturated heterocycles. The molecule has 1 atom stereocenters. The number of piperidine rings is 2. The fourth-order valence-electron chi connectivity index (χ4n) is 4.44. The van der Waals surface area contributed by atoms with Crippen LogP contribution in [0, 0.1) is 11.3 Å². The molecule has 5 nitrogen and oxygen atoms in total. The van der Waals surface area contributed by atoms with Gasteiger partial charge in [-0.3, -0.25) is 4.79 Å². The maximum atomic E-state index is 12.8. The monoisotopic (exact) mass is 344 g/mol. The molecule has 0 aromatic heterocycles. The van der Waals surface area contributed by atoms with Crippen LogP contribution < -0.4 is 14.8 Å². The van der Waals surface area contributed by atoms with Crippen molar-refractivity contribution in [2.45, 2.75) is 38.2 Å². The van der Waals surface area contributed by atoms with E-state index in [9.17, 15) is 4.79 Å². The van der Waals surface area contributed by atoms with Gasteiger partial charge >= 0.3 is 0 Å². The molecule has 0 bridgehead atoms. The third kappa shape index (κ3) is 3.47. The van der Waals surface area contributed by atoms with Crippen molar-refractivity contribution in [2.75, 3.05) is 33.3 Å². The van der Waals surface area contributed by atoms with E-state index in [1.54, 1.807) is 7.11 Å². The lowest BCUT2D eigenvalue weighted by Crippen LogP contribution is -2.43.